The van der Waals surface area contributed by atoms with Crippen molar-refractivity contribution in [2.45, 2.75) is 13.8 Å². The maximum atomic E-state index is 7.79. The lowest BCUT2D eigenvalue weighted by atomic mass is 10.5. The normalized spacial score (nSPS) is 10.3. The summed E-state index contributed by atoms with van der Waals surface area (Å²) in [4.78, 5) is 2.56. The maximum Gasteiger partial charge on any atom is 0.00768 e. The second-order valence-electron chi connectivity index (χ2n) is 1.12. The zero-order valence-corrected chi connectivity index (χ0v) is 4.42. The van der Waals surface area contributed by atoms with Crippen molar-refractivity contribution in [3.63, 3.8) is 0 Å². The smallest absolute Gasteiger partial charge is 0.00768 e. The molecule has 0 aliphatic heterocycles. The van der Waals surface area contributed by atoms with E-state index in [1.807, 2.05) is 6.92 Å². The Hall–Kier alpha value is -0.950. The number of nitrogens with zero attached hydrogens (tertiary/aromatic N) is 3. The van der Waals surface area contributed by atoms with Crippen molar-refractivity contribution in [2.75, 3.05) is 0 Å². The number of azide groups is 1. The van der Waals surface area contributed by atoms with Gasteiger partial charge in [-0.2, -0.15) is 0 Å². The Balaban J connectivity index is 3.82. The summed E-state index contributed by atoms with van der Waals surface area (Å²) < 4.78 is 0. The van der Waals surface area contributed by atoms with Gasteiger partial charge < -0.3 is 0 Å². The number of rotatable bonds is 1. The summed E-state index contributed by atoms with van der Waals surface area (Å²) in [6.07, 6.45) is 1.75. The standard InChI is InChI=1S/C4H7N3/c1-3-4(2)6-7-5/h3H,1-2H3/b4-3-. The van der Waals surface area contributed by atoms with Crippen LogP contribution >= 0.6 is 0 Å². The van der Waals surface area contributed by atoms with Crippen LogP contribution in [0.3, 0.4) is 0 Å². The van der Waals surface area contributed by atoms with Gasteiger partial charge in [-0.25, -0.2) is 0 Å². The molecule has 0 rings (SSSR count). The van der Waals surface area contributed by atoms with Crippen LogP contribution in [-0.2, 0) is 0 Å². The number of allylic oxidation sites excluding steroid dienone is 2. The van der Waals surface area contributed by atoms with E-state index >= 15 is 0 Å². The molecule has 0 amide bonds. The molecule has 7 heavy (non-hydrogen) atoms. The largest absolute Gasteiger partial charge is 0.0825 e. The Kier molecular flexibility index (Phi) is 2.81. The molecule has 0 unspecified atom stereocenters. The van der Waals surface area contributed by atoms with E-state index < -0.39 is 0 Å². The highest BCUT2D eigenvalue weighted by Gasteiger charge is 1.71. The summed E-state index contributed by atoms with van der Waals surface area (Å²) in [6, 6.07) is 0. The van der Waals surface area contributed by atoms with Gasteiger partial charge in [-0.1, -0.05) is 11.2 Å². The molecule has 0 aromatic carbocycles. The number of hydrogen-bond donors (Lipinski definition) is 0. The van der Waals surface area contributed by atoms with Crippen molar-refractivity contribution in [3.05, 3.63) is 22.2 Å². The van der Waals surface area contributed by atoms with E-state index in [2.05, 4.69) is 10.0 Å². The zero-order valence-electron chi connectivity index (χ0n) is 4.42. The third-order valence-electron chi connectivity index (χ3n) is 0.620. The Bertz CT molecular complexity index is 119. The summed E-state index contributed by atoms with van der Waals surface area (Å²) in [7, 11) is 0. The van der Waals surface area contributed by atoms with Crippen LogP contribution in [-0.4, -0.2) is 0 Å². The first-order valence-electron chi connectivity index (χ1n) is 1.99. The monoisotopic (exact) mass is 97.1 g/mol. The van der Waals surface area contributed by atoms with Gasteiger partial charge in [0.1, 0.15) is 0 Å². The molecule has 3 heteroatoms. The molecule has 0 aliphatic carbocycles. The van der Waals surface area contributed by atoms with Gasteiger partial charge in [-0.3, -0.25) is 0 Å². The van der Waals surface area contributed by atoms with E-state index in [9.17, 15) is 0 Å². The summed E-state index contributed by atoms with van der Waals surface area (Å²) >= 11 is 0. The minimum absolute atomic E-state index is 0.711. The summed E-state index contributed by atoms with van der Waals surface area (Å²) in [5.74, 6) is 0. The van der Waals surface area contributed by atoms with Crippen LogP contribution in [0.2, 0.25) is 0 Å². The second kappa shape index (κ2) is 3.25. The van der Waals surface area contributed by atoms with Crippen LogP contribution in [0.25, 0.3) is 10.4 Å². The van der Waals surface area contributed by atoms with Gasteiger partial charge in [0.25, 0.3) is 0 Å². The van der Waals surface area contributed by atoms with E-state index in [-0.39, 0.29) is 0 Å². The van der Waals surface area contributed by atoms with Crippen LogP contribution in [0.5, 0.6) is 0 Å². The number of hydrogen-bond acceptors (Lipinski definition) is 1. The van der Waals surface area contributed by atoms with E-state index in [1.54, 1.807) is 13.0 Å². The van der Waals surface area contributed by atoms with E-state index in [4.69, 9.17) is 5.53 Å². The van der Waals surface area contributed by atoms with Crippen molar-refractivity contribution in [2.24, 2.45) is 5.11 Å². The molecule has 0 radical (unpaired) electrons. The Morgan fingerprint density at radius 2 is 2.43 bits per heavy atom. The summed E-state index contributed by atoms with van der Waals surface area (Å²) in [6.45, 7) is 3.57. The molecule has 0 aromatic heterocycles. The highest BCUT2D eigenvalue weighted by Crippen LogP contribution is 1.90. The van der Waals surface area contributed by atoms with Crippen molar-refractivity contribution >= 4 is 0 Å². The first kappa shape index (κ1) is 6.05. The van der Waals surface area contributed by atoms with Crippen LogP contribution < -0.4 is 0 Å². The van der Waals surface area contributed by atoms with Crippen molar-refractivity contribution in [1.82, 2.24) is 0 Å². The van der Waals surface area contributed by atoms with Crippen LogP contribution in [0.15, 0.2) is 16.9 Å². The van der Waals surface area contributed by atoms with Gasteiger partial charge in [-0.15, -0.1) is 0 Å². The summed E-state index contributed by atoms with van der Waals surface area (Å²) in [5.41, 5.74) is 8.50. The fraction of sp³-hybridized carbons (Fsp3) is 0.500. The molecule has 0 spiro atoms. The van der Waals surface area contributed by atoms with Crippen molar-refractivity contribution in [3.8, 4) is 0 Å². The van der Waals surface area contributed by atoms with Crippen LogP contribution in [0, 0.1) is 0 Å². The SMILES string of the molecule is C/C=C(/C)N=[N+]=[N-]. The third kappa shape index (κ3) is 2.86. The minimum Gasteiger partial charge on any atom is -0.0825 e. The van der Waals surface area contributed by atoms with Gasteiger partial charge >= 0.3 is 0 Å². The third-order valence-corrected chi connectivity index (χ3v) is 0.620. The fourth-order valence-corrected chi connectivity index (χ4v) is 0.128. The molecule has 0 aliphatic rings. The molecular formula is C4H7N3. The maximum absolute atomic E-state index is 7.79. The first-order chi connectivity index (χ1) is 3.31. The molecule has 3 nitrogen and oxygen atoms in total. The molecule has 0 N–H and O–H groups in total. The molecule has 0 saturated heterocycles. The zero-order chi connectivity index (χ0) is 5.70. The molecule has 0 saturated carbocycles. The van der Waals surface area contributed by atoms with Gasteiger partial charge in [0.15, 0.2) is 0 Å². The molecule has 0 atom stereocenters. The van der Waals surface area contributed by atoms with E-state index in [1.165, 1.54) is 0 Å². The molecule has 0 heterocycles. The molecule has 38 valence electrons. The van der Waals surface area contributed by atoms with Gasteiger partial charge in [-0.05, 0) is 19.4 Å². The first-order valence-corrected chi connectivity index (χ1v) is 1.99. The lowest BCUT2D eigenvalue weighted by Crippen LogP contribution is -1.57. The van der Waals surface area contributed by atoms with Gasteiger partial charge in [0.2, 0.25) is 0 Å². The molecule has 0 fully saturated rings. The van der Waals surface area contributed by atoms with Crippen molar-refractivity contribution in [1.29, 1.82) is 0 Å². The predicted octanol–water partition coefficient (Wildman–Crippen LogP) is 2.22. The average molecular weight is 97.1 g/mol. The van der Waals surface area contributed by atoms with Crippen LogP contribution in [0.1, 0.15) is 13.8 Å². The second-order valence-corrected chi connectivity index (χ2v) is 1.12. The topological polar surface area (TPSA) is 48.8 Å². The summed E-state index contributed by atoms with van der Waals surface area (Å²) in [5, 5.41) is 3.28. The quantitative estimate of drug-likeness (QED) is 0.273. The minimum atomic E-state index is 0.711. The lowest BCUT2D eigenvalue weighted by molar-refractivity contribution is 1.26. The van der Waals surface area contributed by atoms with Gasteiger partial charge in [0, 0.05) is 10.6 Å². The molecule has 0 aromatic rings. The Labute approximate surface area is 42.3 Å². The van der Waals surface area contributed by atoms with E-state index in [0.717, 1.165) is 0 Å². The Morgan fingerprint density at radius 1 is 1.86 bits per heavy atom. The fourth-order valence-electron chi connectivity index (χ4n) is 0.128. The predicted molar refractivity (Wildman–Crippen MR) is 28.6 cm³/mol. The Morgan fingerprint density at radius 3 is 2.57 bits per heavy atom. The van der Waals surface area contributed by atoms with E-state index in [0.29, 0.717) is 5.70 Å². The van der Waals surface area contributed by atoms with Crippen LogP contribution in [0.4, 0.5) is 0 Å². The van der Waals surface area contributed by atoms with Crippen molar-refractivity contribution < 1.29 is 0 Å². The highest BCUT2D eigenvalue weighted by atomic mass is 15.1. The van der Waals surface area contributed by atoms with Gasteiger partial charge in [0.05, 0.1) is 0 Å². The lowest BCUT2D eigenvalue weighted by Gasteiger charge is -1.76. The highest BCUT2D eigenvalue weighted by molar-refractivity contribution is 4.92. The molecule has 0 bridgehead atoms. The average Bonchev–Trinajstić information content (AvgIpc) is 1.68. The molecular weight excluding hydrogens is 90.1 g/mol.